The van der Waals surface area contributed by atoms with Crippen molar-refractivity contribution in [2.75, 3.05) is 20.3 Å². The van der Waals surface area contributed by atoms with Crippen LogP contribution in [0.15, 0.2) is 30.3 Å². The number of aryl methyl sites for hydroxylation is 4. The van der Waals surface area contributed by atoms with Gasteiger partial charge in [0.2, 0.25) is 0 Å². The quantitative estimate of drug-likeness (QED) is 0.433. The number of carbonyl (C=O) groups is 1. The summed E-state index contributed by atoms with van der Waals surface area (Å²) >= 11 is 0. The van der Waals surface area contributed by atoms with E-state index in [2.05, 4.69) is 19.1 Å². The molecule has 0 amide bonds. The van der Waals surface area contributed by atoms with Crippen LogP contribution in [0.1, 0.15) is 32.6 Å². The Kier molecular flexibility index (Phi) is 8.90. The van der Waals surface area contributed by atoms with Crippen LogP contribution in [0.3, 0.4) is 0 Å². The van der Waals surface area contributed by atoms with Crippen molar-refractivity contribution in [1.29, 1.82) is 0 Å². The second kappa shape index (κ2) is 10.1. The smallest absolute Gasteiger partial charge is 0.186 e. The fourth-order valence-corrected chi connectivity index (χ4v) is 4.03. The Morgan fingerprint density at radius 3 is 2.16 bits per heavy atom. The van der Waals surface area contributed by atoms with Crippen LogP contribution >= 0.6 is 8.58 Å². The molecule has 0 aromatic heterocycles. The van der Waals surface area contributed by atoms with Crippen molar-refractivity contribution in [3.63, 3.8) is 0 Å². The molecule has 0 saturated carbocycles. The van der Waals surface area contributed by atoms with E-state index in [1.165, 1.54) is 5.56 Å². The van der Waals surface area contributed by atoms with Gasteiger partial charge in [0.25, 0.3) is 0 Å². The summed E-state index contributed by atoms with van der Waals surface area (Å²) in [6, 6.07) is 10.1. The van der Waals surface area contributed by atoms with E-state index in [0.717, 1.165) is 33.3 Å². The molecule has 2 aromatic rings. The summed E-state index contributed by atoms with van der Waals surface area (Å²) in [7, 11) is 1.78. The molecule has 0 fully saturated rings. The second-order valence-corrected chi connectivity index (χ2v) is 7.29. The van der Waals surface area contributed by atoms with E-state index < -0.39 is 0 Å². The third kappa shape index (κ3) is 5.98. The van der Waals surface area contributed by atoms with Crippen LogP contribution in [0.4, 0.5) is 0 Å². The van der Waals surface area contributed by atoms with Gasteiger partial charge >= 0.3 is 0 Å². The summed E-state index contributed by atoms with van der Waals surface area (Å²) in [5.41, 5.74) is 5.45. The minimum Gasteiger partial charge on any atom is -0.491 e. The molecular weight excluding hydrogens is 326 g/mol. The molecule has 0 aliphatic rings. The third-order valence-electron chi connectivity index (χ3n) is 3.91. The summed E-state index contributed by atoms with van der Waals surface area (Å²) < 4.78 is 10.6. The van der Waals surface area contributed by atoms with Gasteiger partial charge in [-0.15, -0.1) is 0 Å². The zero-order valence-electron chi connectivity index (χ0n) is 16.0. The van der Waals surface area contributed by atoms with Crippen LogP contribution in [0.25, 0.3) is 0 Å². The number of benzene rings is 2. The fraction of sp³-hybridized carbons (Fsp3) is 0.350. The van der Waals surface area contributed by atoms with Gasteiger partial charge in [0, 0.05) is 31.5 Å². The molecule has 0 N–H and O–H groups in total. The number of methoxy groups -OCH3 is 1. The number of hydrogen-bond donors (Lipinski definition) is 0. The summed E-state index contributed by atoms with van der Waals surface area (Å²) in [5.74, 6) is 0.813. The predicted molar refractivity (Wildman–Crippen MR) is 107 cm³/mol. The Bertz CT molecular complexity index is 721. The number of hydrogen-bond acceptors (Lipinski definition) is 3. The molecule has 0 spiro atoms. The first-order valence-electron chi connectivity index (χ1n) is 8.04. The molecule has 0 saturated heterocycles. The predicted octanol–water partition coefficient (Wildman–Crippen LogP) is 3.71. The van der Waals surface area contributed by atoms with Crippen molar-refractivity contribution in [3.8, 4) is 5.75 Å². The standard InChI is InChI=1S/C20H25O3P.Li/c1-13-10-15(3)19(16(4)11-13)20(21)24-18-7-6-17(12-14(18)2)23-9-8-22-5;/h6-7,10-12,24H,8-9H2,1-5H3;. The molecule has 129 valence electrons. The first-order valence-corrected chi connectivity index (χ1v) is 9.04. The normalized spacial score (nSPS) is 10.8. The zero-order chi connectivity index (χ0) is 17.7. The van der Waals surface area contributed by atoms with E-state index in [0.29, 0.717) is 13.2 Å². The molecule has 5 heteroatoms. The minimum absolute atomic E-state index is 0. The molecule has 0 aliphatic heterocycles. The first-order chi connectivity index (χ1) is 11.4. The van der Waals surface area contributed by atoms with Crippen molar-refractivity contribution in [3.05, 3.63) is 58.1 Å². The molecule has 25 heavy (non-hydrogen) atoms. The molecule has 1 radical (unpaired) electrons. The van der Waals surface area contributed by atoms with Crippen LogP contribution in [-0.4, -0.2) is 44.7 Å². The molecule has 0 bridgehead atoms. The molecule has 2 aromatic carbocycles. The van der Waals surface area contributed by atoms with Gasteiger partial charge < -0.3 is 9.47 Å². The number of rotatable bonds is 7. The van der Waals surface area contributed by atoms with Crippen molar-refractivity contribution in [1.82, 2.24) is 0 Å². The maximum Gasteiger partial charge on any atom is 0.186 e. The van der Waals surface area contributed by atoms with Crippen LogP contribution in [0, 0.1) is 27.7 Å². The monoisotopic (exact) mass is 351 g/mol. The van der Waals surface area contributed by atoms with Crippen molar-refractivity contribution < 1.29 is 14.3 Å². The minimum atomic E-state index is 0. The van der Waals surface area contributed by atoms with Gasteiger partial charge in [-0.2, -0.15) is 0 Å². The van der Waals surface area contributed by atoms with Gasteiger partial charge in [-0.3, -0.25) is 4.79 Å². The van der Waals surface area contributed by atoms with E-state index in [1.54, 1.807) is 7.11 Å². The molecular formula is C20H25LiO3P. The molecule has 0 heterocycles. The second-order valence-electron chi connectivity index (χ2n) is 6.05. The van der Waals surface area contributed by atoms with Gasteiger partial charge in [-0.25, -0.2) is 0 Å². The summed E-state index contributed by atoms with van der Waals surface area (Å²) in [5, 5.41) is 1.07. The largest absolute Gasteiger partial charge is 0.491 e. The van der Waals surface area contributed by atoms with Gasteiger partial charge in [0.05, 0.1) is 6.61 Å². The third-order valence-corrected chi connectivity index (χ3v) is 5.21. The molecule has 0 aliphatic carbocycles. The van der Waals surface area contributed by atoms with E-state index in [1.807, 2.05) is 39.0 Å². The average molecular weight is 351 g/mol. The van der Waals surface area contributed by atoms with E-state index in [-0.39, 0.29) is 33.0 Å². The average Bonchev–Trinajstić information content (AvgIpc) is 2.49. The Morgan fingerprint density at radius 1 is 0.960 bits per heavy atom. The maximum absolute atomic E-state index is 12.8. The molecule has 1 unspecified atom stereocenters. The molecule has 1 atom stereocenters. The summed E-state index contributed by atoms with van der Waals surface area (Å²) in [6.45, 7) is 9.19. The zero-order valence-corrected chi connectivity index (χ0v) is 17.0. The SMILES string of the molecule is COCCOc1ccc(PC(=O)c2c(C)cc(C)cc2C)c(C)c1.[Li]. The van der Waals surface area contributed by atoms with E-state index in [4.69, 9.17) is 9.47 Å². The van der Waals surface area contributed by atoms with Crippen LogP contribution in [0.2, 0.25) is 0 Å². The summed E-state index contributed by atoms with van der Waals surface area (Å²) in [6.07, 6.45) is 0. The Labute approximate surface area is 164 Å². The van der Waals surface area contributed by atoms with E-state index in [9.17, 15) is 4.79 Å². The molecule has 3 nitrogen and oxygen atoms in total. The van der Waals surface area contributed by atoms with Gasteiger partial charge in [-0.1, -0.05) is 23.8 Å². The van der Waals surface area contributed by atoms with Gasteiger partial charge in [0.15, 0.2) is 5.52 Å². The van der Waals surface area contributed by atoms with Crippen LogP contribution < -0.4 is 10.0 Å². The Morgan fingerprint density at radius 2 is 1.60 bits per heavy atom. The fourth-order valence-electron chi connectivity index (χ4n) is 2.83. The Balaban J connectivity index is 0.00000312. The number of ether oxygens (including phenoxy) is 2. The van der Waals surface area contributed by atoms with Gasteiger partial charge in [0.1, 0.15) is 12.4 Å². The van der Waals surface area contributed by atoms with Crippen molar-refractivity contribution in [2.45, 2.75) is 27.7 Å². The van der Waals surface area contributed by atoms with Gasteiger partial charge in [-0.05, 0) is 70.4 Å². The number of carbonyl (C=O) groups excluding carboxylic acids is 1. The molecule has 2 rings (SSSR count). The Hall–Kier alpha value is -1.10. The van der Waals surface area contributed by atoms with Crippen LogP contribution in [0.5, 0.6) is 5.75 Å². The topological polar surface area (TPSA) is 35.5 Å². The van der Waals surface area contributed by atoms with Crippen LogP contribution in [-0.2, 0) is 4.74 Å². The van der Waals surface area contributed by atoms with E-state index >= 15 is 0 Å². The first kappa shape index (κ1) is 21.9. The maximum atomic E-state index is 12.8. The van der Waals surface area contributed by atoms with Crippen molar-refractivity contribution in [2.24, 2.45) is 0 Å². The van der Waals surface area contributed by atoms with Crippen molar-refractivity contribution >= 4 is 38.3 Å². The summed E-state index contributed by atoms with van der Waals surface area (Å²) in [4.78, 5) is 12.8.